The maximum Gasteiger partial charge on any atom is 0.292 e. The Morgan fingerprint density at radius 1 is 1.26 bits per heavy atom. The van der Waals surface area contributed by atoms with Gasteiger partial charge in [0.1, 0.15) is 6.61 Å². The van der Waals surface area contributed by atoms with Gasteiger partial charge in [-0.05, 0) is 30.7 Å². The normalized spacial score (nSPS) is 16.7. The number of para-hydroxylation sites is 3. The number of hydrogen-bond acceptors (Lipinski definition) is 5. The Balaban J connectivity index is 1.70. The summed E-state index contributed by atoms with van der Waals surface area (Å²) < 4.78 is 19.8. The highest BCUT2D eigenvalue weighted by atomic mass is 32.1. The van der Waals surface area contributed by atoms with Gasteiger partial charge < -0.3 is 18.8 Å². The number of methoxy groups -OCH3 is 1. The number of hydrogen-bond donors (Lipinski definition) is 0. The molecule has 1 amide bonds. The molecule has 2 aromatic carbocycles. The average Bonchev–Trinajstić information content (AvgIpc) is 3.04. The van der Waals surface area contributed by atoms with Crippen LogP contribution in [0.3, 0.4) is 0 Å². The van der Waals surface area contributed by atoms with Crippen LogP contribution < -0.4 is 14.3 Å². The lowest BCUT2D eigenvalue weighted by Gasteiger charge is -2.23. The molecule has 4 rings (SSSR count). The summed E-state index contributed by atoms with van der Waals surface area (Å²) in [7, 11) is 1.66. The molecule has 0 N–H and O–H groups in total. The van der Waals surface area contributed by atoms with Gasteiger partial charge >= 0.3 is 0 Å². The highest BCUT2D eigenvalue weighted by Crippen LogP contribution is 2.31. The van der Waals surface area contributed by atoms with E-state index < -0.39 is 6.10 Å². The van der Waals surface area contributed by atoms with E-state index in [1.807, 2.05) is 34.9 Å². The summed E-state index contributed by atoms with van der Waals surface area (Å²) in [4.78, 5) is 17.8. The zero-order valence-corrected chi connectivity index (χ0v) is 16.0. The van der Waals surface area contributed by atoms with Crippen LogP contribution in [-0.2, 0) is 16.1 Å². The van der Waals surface area contributed by atoms with Gasteiger partial charge in [-0.2, -0.15) is 4.99 Å². The Morgan fingerprint density at radius 3 is 2.89 bits per heavy atom. The number of aryl methyl sites for hydroxylation is 1. The zero-order valence-electron chi connectivity index (χ0n) is 15.2. The number of thiazole rings is 1. The second-order valence-electron chi connectivity index (χ2n) is 6.27. The lowest BCUT2D eigenvalue weighted by atomic mass is 10.2. The third kappa shape index (κ3) is 3.48. The van der Waals surface area contributed by atoms with E-state index in [9.17, 15) is 4.79 Å². The van der Waals surface area contributed by atoms with E-state index in [1.54, 1.807) is 13.2 Å². The molecule has 0 spiro atoms. The predicted molar refractivity (Wildman–Crippen MR) is 103 cm³/mol. The molecule has 0 saturated heterocycles. The molecular formula is C20H20N2O4S. The van der Waals surface area contributed by atoms with Gasteiger partial charge in [0.05, 0.1) is 16.8 Å². The third-order valence-corrected chi connectivity index (χ3v) is 5.46. The average molecular weight is 384 g/mol. The second kappa shape index (κ2) is 7.54. The summed E-state index contributed by atoms with van der Waals surface area (Å²) in [5.74, 6) is 0.866. The van der Waals surface area contributed by atoms with E-state index in [1.165, 1.54) is 11.3 Å². The molecule has 1 aliphatic rings. The van der Waals surface area contributed by atoms with E-state index in [2.05, 4.69) is 18.0 Å². The Morgan fingerprint density at radius 2 is 2.07 bits per heavy atom. The van der Waals surface area contributed by atoms with E-state index in [0.29, 0.717) is 29.5 Å². The van der Waals surface area contributed by atoms with E-state index in [-0.39, 0.29) is 12.5 Å². The minimum Gasteiger partial charge on any atom is -0.485 e. The van der Waals surface area contributed by atoms with Crippen molar-refractivity contribution in [3.05, 3.63) is 52.8 Å². The molecule has 7 heteroatoms. The zero-order chi connectivity index (χ0) is 18.8. The predicted octanol–water partition coefficient (Wildman–Crippen LogP) is 2.92. The third-order valence-electron chi connectivity index (χ3n) is 4.41. The first-order valence-corrected chi connectivity index (χ1v) is 9.54. The number of aromatic nitrogens is 1. The van der Waals surface area contributed by atoms with Crippen LogP contribution in [0.1, 0.15) is 5.56 Å². The van der Waals surface area contributed by atoms with Crippen LogP contribution in [0.15, 0.2) is 47.5 Å². The molecule has 6 nitrogen and oxygen atoms in total. The van der Waals surface area contributed by atoms with Crippen LogP contribution in [-0.4, -0.2) is 36.9 Å². The van der Waals surface area contributed by atoms with Crippen molar-refractivity contribution < 1.29 is 19.0 Å². The van der Waals surface area contributed by atoms with Crippen molar-refractivity contribution in [3.8, 4) is 11.5 Å². The Hall–Kier alpha value is -2.64. The highest BCUT2D eigenvalue weighted by Gasteiger charge is 2.27. The van der Waals surface area contributed by atoms with Crippen LogP contribution in [0.5, 0.6) is 11.5 Å². The van der Waals surface area contributed by atoms with Crippen LogP contribution >= 0.6 is 11.3 Å². The summed E-state index contributed by atoms with van der Waals surface area (Å²) in [5.41, 5.74) is 2.22. The van der Waals surface area contributed by atoms with Crippen LogP contribution in [0, 0.1) is 6.92 Å². The van der Waals surface area contributed by atoms with Crippen LogP contribution in [0.4, 0.5) is 0 Å². The standard InChI is InChI=1S/C20H20N2O4S/c1-13-6-5-9-17-18(13)22(10-11-24-2)20(27-17)21-19(23)16-12-25-14-7-3-4-8-15(14)26-16/h3-9,16H,10-12H2,1-2H3/t16-/m1/s1. The van der Waals surface area contributed by atoms with E-state index in [4.69, 9.17) is 14.2 Å². The minimum atomic E-state index is -0.748. The van der Waals surface area contributed by atoms with Crippen molar-refractivity contribution in [2.45, 2.75) is 19.6 Å². The maximum atomic E-state index is 12.8. The SMILES string of the molecule is COCCn1c(=NC(=O)[C@H]2COc3ccccc3O2)sc2cccc(C)c21. The number of carbonyl (C=O) groups excluding carboxylic acids is 1. The first kappa shape index (κ1) is 17.8. The number of rotatable bonds is 4. The number of fused-ring (bicyclic) bond motifs is 2. The fraction of sp³-hybridized carbons (Fsp3) is 0.300. The van der Waals surface area contributed by atoms with Crippen molar-refractivity contribution in [2.75, 3.05) is 20.3 Å². The van der Waals surface area contributed by atoms with Gasteiger partial charge in [-0.15, -0.1) is 0 Å². The van der Waals surface area contributed by atoms with Crippen molar-refractivity contribution in [2.24, 2.45) is 4.99 Å². The minimum absolute atomic E-state index is 0.154. The molecule has 0 aliphatic carbocycles. The molecule has 3 aromatic rings. The number of amides is 1. The first-order valence-electron chi connectivity index (χ1n) is 8.72. The monoisotopic (exact) mass is 384 g/mol. The molecule has 0 fully saturated rings. The molecule has 0 unspecified atom stereocenters. The fourth-order valence-electron chi connectivity index (χ4n) is 3.09. The number of ether oxygens (including phenoxy) is 3. The molecule has 27 heavy (non-hydrogen) atoms. The van der Waals surface area contributed by atoms with Crippen molar-refractivity contribution >= 4 is 27.5 Å². The first-order chi connectivity index (χ1) is 13.2. The quantitative estimate of drug-likeness (QED) is 0.694. The summed E-state index contributed by atoms with van der Waals surface area (Å²) in [6.45, 7) is 3.37. The van der Waals surface area contributed by atoms with Gasteiger partial charge in [0.25, 0.3) is 5.91 Å². The molecule has 0 bridgehead atoms. The summed E-state index contributed by atoms with van der Waals surface area (Å²) in [5, 5.41) is 0. The molecule has 2 heterocycles. The Bertz CT molecular complexity index is 1050. The molecule has 1 aromatic heterocycles. The lowest BCUT2D eigenvalue weighted by Crippen LogP contribution is -2.37. The summed E-state index contributed by atoms with van der Waals surface area (Å²) in [6, 6.07) is 13.4. The van der Waals surface area contributed by atoms with Gasteiger partial charge in [-0.25, -0.2) is 0 Å². The van der Waals surface area contributed by atoms with Gasteiger partial charge in [0.2, 0.25) is 6.10 Å². The maximum absolute atomic E-state index is 12.8. The molecule has 0 saturated carbocycles. The molecule has 0 radical (unpaired) electrons. The molecular weight excluding hydrogens is 364 g/mol. The number of nitrogens with zero attached hydrogens (tertiary/aromatic N) is 2. The van der Waals surface area contributed by atoms with Crippen molar-refractivity contribution in [1.29, 1.82) is 0 Å². The molecule has 1 atom stereocenters. The van der Waals surface area contributed by atoms with Crippen LogP contribution in [0.2, 0.25) is 0 Å². The highest BCUT2D eigenvalue weighted by molar-refractivity contribution is 7.16. The van der Waals surface area contributed by atoms with Crippen LogP contribution in [0.25, 0.3) is 10.2 Å². The van der Waals surface area contributed by atoms with Gasteiger partial charge in [-0.1, -0.05) is 35.6 Å². The summed E-state index contributed by atoms with van der Waals surface area (Å²) >= 11 is 1.49. The van der Waals surface area contributed by atoms with Gasteiger partial charge in [0.15, 0.2) is 16.3 Å². The fourth-order valence-corrected chi connectivity index (χ4v) is 4.23. The Labute approximate surface area is 160 Å². The molecule has 1 aliphatic heterocycles. The molecule has 140 valence electrons. The van der Waals surface area contributed by atoms with Crippen molar-refractivity contribution in [3.63, 3.8) is 0 Å². The smallest absolute Gasteiger partial charge is 0.292 e. The van der Waals surface area contributed by atoms with E-state index in [0.717, 1.165) is 15.8 Å². The number of carbonyl (C=O) groups is 1. The second-order valence-corrected chi connectivity index (χ2v) is 7.27. The van der Waals surface area contributed by atoms with E-state index >= 15 is 0 Å². The van der Waals surface area contributed by atoms with Gasteiger partial charge in [0, 0.05) is 13.7 Å². The summed E-state index contributed by atoms with van der Waals surface area (Å²) in [6.07, 6.45) is -0.748. The lowest BCUT2D eigenvalue weighted by molar-refractivity contribution is -0.127. The largest absolute Gasteiger partial charge is 0.485 e. The number of benzene rings is 2. The Kier molecular flexibility index (Phi) is 4.96. The van der Waals surface area contributed by atoms with Gasteiger partial charge in [-0.3, -0.25) is 4.79 Å². The topological polar surface area (TPSA) is 62.1 Å². The van der Waals surface area contributed by atoms with Crippen molar-refractivity contribution in [1.82, 2.24) is 4.57 Å².